The van der Waals surface area contributed by atoms with Crippen LogP contribution in [0.5, 0.6) is 5.75 Å². The predicted octanol–water partition coefficient (Wildman–Crippen LogP) is 4.27. The monoisotopic (exact) mass is 451 g/mol. The van der Waals surface area contributed by atoms with Gasteiger partial charge in [0.15, 0.2) is 0 Å². The van der Waals surface area contributed by atoms with E-state index < -0.39 is 0 Å². The second-order valence-electron chi connectivity index (χ2n) is 8.39. The predicted molar refractivity (Wildman–Crippen MR) is 129 cm³/mol. The van der Waals surface area contributed by atoms with Crippen LogP contribution in [-0.4, -0.2) is 59.2 Å². The smallest absolute Gasteiger partial charge is 0.305 e. The summed E-state index contributed by atoms with van der Waals surface area (Å²) in [4.78, 5) is 13.6. The van der Waals surface area contributed by atoms with Crippen LogP contribution in [0.25, 0.3) is 5.57 Å². The summed E-state index contributed by atoms with van der Waals surface area (Å²) in [5, 5.41) is 0. The van der Waals surface area contributed by atoms with E-state index in [1.54, 1.807) is 0 Å². The highest BCUT2D eigenvalue weighted by atomic mass is 16.5. The molecule has 0 amide bonds. The summed E-state index contributed by atoms with van der Waals surface area (Å²) < 4.78 is 22.0. The van der Waals surface area contributed by atoms with Crippen molar-refractivity contribution in [3.05, 3.63) is 65.2 Å². The minimum atomic E-state index is -0.163. The molecule has 0 aromatic heterocycles. The van der Waals surface area contributed by atoms with Crippen LogP contribution in [0.2, 0.25) is 0 Å². The lowest BCUT2D eigenvalue weighted by Gasteiger charge is -2.29. The number of carbonyl (C=O) groups excluding carboxylic acids is 1. The zero-order valence-electron chi connectivity index (χ0n) is 19.4. The van der Waals surface area contributed by atoms with Gasteiger partial charge < -0.3 is 23.8 Å². The summed E-state index contributed by atoms with van der Waals surface area (Å²) in [5.74, 6) is 0.677. The van der Waals surface area contributed by atoms with Crippen molar-refractivity contribution in [2.45, 2.75) is 25.7 Å². The number of carbonyl (C=O) groups is 1. The van der Waals surface area contributed by atoms with Crippen molar-refractivity contribution in [2.24, 2.45) is 0 Å². The molecule has 0 saturated carbocycles. The van der Waals surface area contributed by atoms with Gasteiger partial charge in [-0.3, -0.25) is 4.79 Å². The summed E-state index contributed by atoms with van der Waals surface area (Å²) in [6.07, 6.45) is 2.97. The quantitative estimate of drug-likeness (QED) is 0.531. The molecule has 0 spiro atoms. The molecule has 2 aromatic carbocycles. The van der Waals surface area contributed by atoms with Crippen molar-refractivity contribution in [2.75, 3.05) is 58.1 Å². The van der Waals surface area contributed by atoms with Crippen LogP contribution >= 0.6 is 0 Å². The molecule has 2 aliphatic rings. The van der Waals surface area contributed by atoms with Crippen molar-refractivity contribution < 1.29 is 23.7 Å². The van der Waals surface area contributed by atoms with E-state index in [1.807, 2.05) is 12.1 Å². The summed E-state index contributed by atoms with van der Waals surface area (Å²) in [6.45, 7) is 5.33. The lowest BCUT2D eigenvalue weighted by atomic mass is 9.96. The molecule has 0 bridgehead atoms. The van der Waals surface area contributed by atoms with Crippen LogP contribution in [0, 0.1) is 0 Å². The molecule has 2 aliphatic heterocycles. The fraction of sp³-hybridized carbons (Fsp3) is 0.444. The third kappa shape index (κ3) is 6.59. The number of esters is 1. The summed E-state index contributed by atoms with van der Waals surface area (Å²) in [7, 11) is 1.42. The van der Waals surface area contributed by atoms with E-state index in [1.165, 1.54) is 35.1 Å². The van der Waals surface area contributed by atoms with E-state index in [9.17, 15) is 4.79 Å². The largest absolute Gasteiger partial charge is 0.489 e. The van der Waals surface area contributed by atoms with Crippen LogP contribution in [0.4, 0.5) is 5.69 Å². The Kier molecular flexibility index (Phi) is 8.39. The van der Waals surface area contributed by atoms with Gasteiger partial charge in [0, 0.05) is 25.2 Å². The van der Waals surface area contributed by atoms with Gasteiger partial charge in [0.05, 0.1) is 33.5 Å². The molecule has 0 aliphatic carbocycles. The Hall–Kier alpha value is -2.83. The fourth-order valence-corrected chi connectivity index (χ4v) is 4.27. The third-order valence-electron chi connectivity index (χ3n) is 6.20. The first kappa shape index (κ1) is 23.3. The number of rotatable bonds is 9. The standard InChI is InChI=1S/C27H33NO5/c1-30-27(29)4-2-3-21-5-11-25(12-6-21)33-20-23-19-32-16-13-26(23)22-7-9-24(10-8-22)28-14-17-31-18-15-28/h5-12H,2-4,13-20H2,1H3. The summed E-state index contributed by atoms with van der Waals surface area (Å²) in [5.41, 5.74) is 6.21. The number of aryl methyl sites for hydroxylation is 1. The molecule has 2 aromatic rings. The molecule has 33 heavy (non-hydrogen) atoms. The van der Waals surface area contributed by atoms with Gasteiger partial charge in [-0.05, 0) is 65.8 Å². The molecule has 0 atom stereocenters. The van der Waals surface area contributed by atoms with E-state index in [2.05, 4.69) is 41.3 Å². The number of hydrogen-bond acceptors (Lipinski definition) is 6. The molecular formula is C27H33NO5. The second-order valence-corrected chi connectivity index (χ2v) is 8.39. The number of nitrogens with zero attached hydrogens (tertiary/aromatic N) is 1. The van der Waals surface area contributed by atoms with Gasteiger partial charge in [0.2, 0.25) is 0 Å². The molecule has 0 unspecified atom stereocenters. The first-order valence-corrected chi connectivity index (χ1v) is 11.7. The van der Waals surface area contributed by atoms with E-state index in [0.717, 1.165) is 57.9 Å². The molecule has 0 radical (unpaired) electrons. The van der Waals surface area contributed by atoms with Gasteiger partial charge in [-0.25, -0.2) is 0 Å². The molecule has 176 valence electrons. The van der Waals surface area contributed by atoms with Crippen molar-refractivity contribution in [1.29, 1.82) is 0 Å². The van der Waals surface area contributed by atoms with E-state index in [0.29, 0.717) is 19.6 Å². The highest BCUT2D eigenvalue weighted by Crippen LogP contribution is 2.29. The summed E-state index contributed by atoms with van der Waals surface area (Å²) >= 11 is 0. The normalized spacial score (nSPS) is 16.6. The van der Waals surface area contributed by atoms with Crippen molar-refractivity contribution >= 4 is 17.2 Å². The van der Waals surface area contributed by atoms with Crippen molar-refractivity contribution in [3.63, 3.8) is 0 Å². The van der Waals surface area contributed by atoms with E-state index >= 15 is 0 Å². The number of methoxy groups -OCH3 is 1. The Morgan fingerprint density at radius 1 is 0.970 bits per heavy atom. The van der Waals surface area contributed by atoms with Crippen LogP contribution in [-0.2, 0) is 25.4 Å². The Bertz CT molecular complexity index is 930. The molecule has 0 N–H and O–H groups in total. The van der Waals surface area contributed by atoms with Gasteiger partial charge in [-0.15, -0.1) is 0 Å². The zero-order valence-corrected chi connectivity index (χ0v) is 19.4. The fourth-order valence-electron chi connectivity index (χ4n) is 4.27. The Balaban J connectivity index is 1.36. The van der Waals surface area contributed by atoms with Crippen molar-refractivity contribution in [1.82, 2.24) is 0 Å². The van der Waals surface area contributed by atoms with Crippen LogP contribution in [0.15, 0.2) is 54.1 Å². The number of morpholine rings is 1. The van der Waals surface area contributed by atoms with Crippen LogP contribution in [0.1, 0.15) is 30.4 Å². The highest BCUT2D eigenvalue weighted by Gasteiger charge is 2.17. The number of ether oxygens (including phenoxy) is 4. The maximum Gasteiger partial charge on any atom is 0.305 e. The highest BCUT2D eigenvalue weighted by molar-refractivity contribution is 5.71. The van der Waals surface area contributed by atoms with Crippen LogP contribution in [0.3, 0.4) is 0 Å². The average molecular weight is 452 g/mol. The number of benzene rings is 2. The van der Waals surface area contributed by atoms with E-state index in [-0.39, 0.29) is 5.97 Å². The van der Waals surface area contributed by atoms with Crippen molar-refractivity contribution in [3.8, 4) is 5.75 Å². The molecular weight excluding hydrogens is 418 g/mol. The van der Waals surface area contributed by atoms with Gasteiger partial charge in [-0.1, -0.05) is 24.3 Å². The maximum atomic E-state index is 11.2. The maximum absolute atomic E-state index is 11.2. The minimum absolute atomic E-state index is 0.163. The first-order valence-electron chi connectivity index (χ1n) is 11.7. The van der Waals surface area contributed by atoms with Gasteiger partial charge in [0.25, 0.3) is 0 Å². The topological polar surface area (TPSA) is 57.2 Å². The summed E-state index contributed by atoms with van der Waals surface area (Å²) in [6, 6.07) is 17.0. The molecule has 2 heterocycles. The molecule has 1 fully saturated rings. The lowest BCUT2D eigenvalue weighted by molar-refractivity contribution is -0.140. The number of hydrogen-bond donors (Lipinski definition) is 0. The number of anilines is 1. The van der Waals surface area contributed by atoms with Gasteiger partial charge in [0.1, 0.15) is 12.4 Å². The Morgan fingerprint density at radius 3 is 2.45 bits per heavy atom. The average Bonchev–Trinajstić information content (AvgIpc) is 2.89. The molecule has 4 rings (SSSR count). The van der Waals surface area contributed by atoms with Crippen LogP contribution < -0.4 is 9.64 Å². The SMILES string of the molecule is COC(=O)CCCc1ccc(OCC2=C(c3ccc(N4CCOCC4)cc3)CCOC2)cc1. The first-order chi connectivity index (χ1) is 16.2. The lowest BCUT2D eigenvalue weighted by Crippen LogP contribution is -2.36. The van der Waals surface area contributed by atoms with E-state index in [4.69, 9.17) is 18.9 Å². The molecule has 6 nitrogen and oxygen atoms in total. The van der Waals surface area contributed by atoms with Gasteiger partial charge >= 0.3 is 5.97 Å². The third-order valence-corrected chi connectivity index (χ3v) is 6.20. The molecule has 1 saturated heterocycles. The molecule has 6 heteroatoms. The minimum Gasteiger partial charge on any atom is -0.489 e. The van der Waals surface area contributed by atoms with Gasteiger partial charge in [-0.2, -0.15) is 0 Å². The zero-order chi connectivity index (χ0) is 22.9. The Morgan fingerprint density at radius 2 is 1.73 bits per heavy atom. The second kappa shape index (κ2) is 11.9. The Labute approximate surface area is 196 Å².